The Labute approximate surface area is 127 Å². The Bertz CT molecular complexity index is 466. The number of carbonyl (C=O) groups excluding carboxylic acids is 2. The second kappa shape index (κ2) is 6.58. The molecule has 126 valence electrons. The van der Waals surface area contributed by atoms with Gasteiger partial charge in [0.15, 0.2) is 0 Å². The molecule has 1 atom stereocenters. The Balaban J connectivity index is 3.08. The van der Waals surface area contributed by atoms with Crippen molar-refractivity contribution in [2.45, 2.75) is 58.4 Å². The summed E-state index contributed by atoms with van der Waals surface area (Å²) in [6.07, 6.45) is -5.44. The van der Waals surface area contributed by atoms with Crippen molar-refractivity contribution in [3.63, 3.8) is 0 Å². The third-order valence-corrected chi connectivity index (χ3v) is 2.84. The number of carbonyl (C=O) groups is 2. The second-order valence-corrected chi connectivity index (χ2v) is 5.85. The first kappa shape index (κ1) is 18.3. The van der Waals surface area contributed by atoms with Crippen molar-refractivity contribution >= 4 is 12.1 Å². The van der Waals surface area contributed by atoms with Gasteiger partial charge in [0.25, 0.3) is 0 Å². The van der Waals surface area contributed by atoms with E-state index in [2.05, 4.69) is 0 Å². The van der Waals surface area contributed by atoms with Crippen LogP contribution in [0.1, 0.15) is 40.5 Å². The van der Waals surface area contributed by atoms with Gasteiger partial charge >= 0.3 is 18.2 Å². The predicted octanol–water partition coefficient (Wildman–Crippen LogP) is 3.40. The molecule has 1 rings (SSSR count). The van der Waals surface area contributed by atoms with Crippen LogP contribution in [0.4, 0.5) is 18.0 Å². The van der Waals surface area contributed by atoms with Crippen molar-refractivity contribution in [2.75, 3.05) is 6.61 Å². The molecule has 0 spiro atoms. The maximum absolute atomic E-state index is 12.8. The fourth-order valence-corrected chi connectivity index (χ4v) is 1.93. The van der Waals surface area contributed by atoms with Gasteiger partial charge in [-0.15, -0.1) is 0 Å². The highest BCUT2D eigenvalue weighted by atomic mass is 19.4. The molecule has 0 aromatic rings. The van der Waals surface area contributed by atoms with Gasteiger partial charge in [0.1, 0.15) is 11.6 Å². The Morgan fingerprint density at radius 1 is 1.32 bits per heavy atom. The molecule has 0 fully saturated rings. The van der Waals surface area contributed by atoms with E-state index in [1.807, 2.05) is 0 Å². The number of hydrogen-bond donors (Lipinski definition) is 0. The average molecular weight is 323 g/mol. The molecule has 0 unspecified atom stereocenters. The Kier molecular flexibility index (Phi) is 5.48. The summed E-state index contributed by atoms with van der Waals surface area (Å²) in [5.74, 6) is -0.745. The van der Waals surface area contributed by atoms with E-state index in [9.17, 15) is 22.8 Å². The molecule has 0 aliphatic carbocycles. The fraction of sp³-hybridized carbons (Fsp3) is 0.714. The normalized spacial score (nSPS) is 19.5. The summed E-state index contributed by atoms with van der Waals surface area (Å²) in [7, 11) is 0. The highest BCUT2D eigenvalue weighted by molar-refractivity contribution is 5.82. The molecule has 5 nitrogen and oxygen atoms in total. The molecule has 0 N–H and O–H groups in total. The molecule has 0 saturated heterocycles. The number of amides is 1. The number of hydrogen-bond acceptors (Lipinski definition) is 4. The summed E-state index contributed by atoms with van der Waals surface area (Å²) in [6.45, 7) is 6.41. The van der Waals surface area contributed by atoms with Crippen molar-refractivity contribution in [3.8, 4) is 0 Å². The van der Waals surface area contributed by atoms with E-state index in [1.165, 1.54) is 0 Å². The highest BCUT2D eigenvalue weighted by Gasteiger charge is 2.42. The first-order valence-corrected chi connectivity index (χ1v) is 6.91. The number of rotatable bonds is 2. The molecule has 0 radical (unpaired) electrons. The Morgan fingerprint density at radius 2 is 1.91 bits per heavy atom. The standard InChI is InChI=1S/C14H20F3NO4/c1-5-21-11(19)10-7-6-9(14(15,16)17)8-18(10)12(20)22-13(2,3)4/h8,10H,5-7H2,1-4H3/t10-/m0/s1. The Hall–Kier alpha value is -1.73. The van der Waals surface area contributed by atoms with Gasteiger partial charge in [-0.05, 0) is 40.5 Å². The van der Waals surface area contributed by atoms with Crippen LogP contribution in [0, 0.1) is 0 Å². The quantitative estimate of drug-likeness (QED) is 0.731. The monoisotopic (exact) mass is 323 g/mol. The lowest BCUT2D eigenvalue weighted by Crippen LogP contribution is -2.47. The average Bonchev–Trinajstić information content (AvgIpc) is 2.35. The maximum atomic E-state index is 12.8. The molecule has 0 bridgehead atoms. The molecule has 22 heavy (non-hydrogen) atoms. The van der Waals surface area contributed by atoms with Crippen LogP contribution in [0.5, 0.6) is 0 Å². The van der Waals surface area contributed by atoms with Gasteiger partial charge in [-0.1, -0.05) is 0 Å². The van der Waals surface area contributed by atoms with E-state index in [0.29, 0.717) is 11.1 Å². The van der Waals surface area contributed by atoms with Crippen molar-refractivity contribution in [3.05, 3.63) is 11.8 Å². The van der Waals surface area contributed by atoms with Crippen LogP contribution in [0.3, 0.4) is 0 Å². The lowest BCUT2D eigenvalue weighted by atomic mass is 10.0. The lowest BCUT2D eigenvalue weighted by Gasteiger charge is -2.33. The first-order valence-electron chi connectivity index (χ1n) is 6.91. The number of nitrogens with zero attached hydrogens (tertiary/aromatic N) is 1. The zero-order valence-corrected chi connectivity index (χ0v) is 13.0. The third kappa shape index (κ3) is 4.92. The van der Waals surface area contributed by atoms with E-state index in [-0.39, 0.29) is 19.4 Å². The number of alkyl halides is 3. The largest absolute Gasteiger partial charge is 0.464 e. The number of allylic oxidation sites excluding steroid dienone is 1. The van der Waals surface area contributed by atoms with Crippen LogP contribution in [-0.4, -0.2) is 41.4 Å². The van der Waals surface area contributed by atoms with E-state index in [0.717, 1.165) is 0 Å². The maximum Gasteiger partial charge on any atom is 0.415 e. The third-order valence-electron chi connectivity index (χ3n) is 2.84. The van der Waals surface area contributed by atoms with Crippen LogP contribution >= 0.6 is 0 Å². The van der Waals surface area contributed by atoms with Gasteiger partial charge < -0.3 is 9.47 Å². The molecular formula is C14H20F3NO4. The Morgan fingerprint density at radius 3 is 2.36 bits per heavy atom. The summed E-state index contributed by atoms with van der Waals surface area (Å²) in [4.78, 5) is 24.6. The molecule has 1 amide bonds. The summed E-state index contributed by atoms with van der Waals surface area (Å²) in [5, 5.41) is 0. The minimum absolute atomic E-state index is 0.0767. The molecular weight excluding hydrogens is 303 g/mol. The number of halogens is 3. The van der Waals surface area contributed by atoms with Crippen molar-refractivity contribution in [1.29, 1.82) is 0 Å². The van der Waals surface area contributed by atoms with E-state index < -0.39 is 35.5 Å². The first-order chi connectivity index (χ1) is 9.95. The molecule has 1 aliphatic heterocycles. The molecule has 0 aromatic carbocycles. The van der Waals surface area contributed by atoms with Crippen molar-refractivity contribution < 1.29 is 32.2 Å². The molecule has 1 aliphatic rings. The van der Waals surface area contributed by atoms with Gasteiger partial charge in [0, 0.05) is 11.8 Å². The minimum atomic E-state index is -4.56. The summed E-state index contributed by atoms with van der Waals surface area (Å²) < 4.78 is 48.4. The summed E-state index contributed by atoms with van der Waals surface area (Å²) >= 11 is 0. The van der Waals surface area contributed by atoms with Crippen LogP contribution in [0.25, 0.3) is 0 Å². The van der Waals surface area contributed by atoms with E-state index in [1.54, 1.807) is 27.7 Å². The van der Waals surface area contributed by atoms with Crippen LogP contribution in [0.15, 0.2) is 11.8 Å². The highest BCUT2D eigenvalue weighted by Crippen LogP contribution is 2.34. The summed E-state index contributed by atoms with van der Waals surface area (Å²) in [5.41, 5.74) is -1.76. The SMILES string of the molecule is CCOC(=O)[C@@H]1CCC(C(F)(F)F)=CN1C(=O)OC(C)(C)C. The van der Waals surface area contributed by atoms with Crippen molar-refractivity contribution in [2.24, 2.45) is 0 Å². The van der Waals surface area contributed by atoms with Gasteiger partial charge in [0.05, 0.1) is 6.61 Å². The van der Waals surface area contributed by atoms with Crippen LogP contribution < -0.4 is 0 Å². The van der Waals surface area contributed by atoms with Crippen LogP contribution in [0.2, 0.25) is 0 Å². The predicted molar refractivity (Wildman–Crippen MR) is 71.9 cm³/mol. The lowest BCUT2D eigenvalue weighted by molar-refractivity contribution is -0.149. The topological polar surface area (TPSA) is 55.8 Å². The minimum Gasteiger partial charge on any atom is -0.464 e. The molecule has 0 aromatic heterocycles. The second-order valence-electron chi connectivity index (χ2n) is 5.85. The zero-order valence-electron chi connectivity index (χ0n) is 13.0. The summed E-state index contributed by atoms with van der Waals surface area (Å²) in [6, 6.07) is -1.11. The molecule has 8 heteroatoms. The van der Waals surface area contributed by atoms with E-state index in [4.69, 9.17) is 9.47 Å². The van der Waals surface area contributed by atoms with Gasteiger partial charge in [-0.2, -0.15) is 13.2 Å². The smallest absolute Gasteiger partial charge is 0.415 e. The van der Waals surface area contributed by atoms with E-state index >= 15 is 0 Å². The van der Waals surface area contributed by atoms with Gasteiger partial charge in [-0.3, -0.25) is 4.90 Å². The van der Waals surface area contributed by atoms with Gasteiger partial charge in [0.2, 0.25) is 0 Å². The van der Waals surface area contributed by atoms with Crippen molar-refractivity contribution in [1.82, 2.24) is 4.90 Å². The van der Waals surface area contributed by atoms with Crippen LogP contribution in [-0.2, 0) is 14.3 Å². The fourth-order valence-electron chi connectivity index (χ4n) is 1.93. The number of ether oxygens (including phenoxy) is 2. The molecule has 0 saturated carbocycles. The zero-order chi connectivity index (χ0) is 17.1. The molecule has 1 heterocycles. The number of esters is 1. The van der Waals surface area contributed by atoms with Gasteiger partial charge in [-0.25, -0.2) is 9.59 Å².